The fourth-order valence-electron chi connectivity index (χ4n) is 2.29. The van der Waals surface area contributed by atoms with Crippen LogP contribution in [0.2, 0.25) is 0 Å². The lowest BCUT2D eigenvalue weighted by molar-refractivity contribution is 0.775. The van der Waals surface area contributed by atoms with Crippen LogP contribution < -0.4 is 11.1 Å². The molecule has 0 spiro atoms. The highest BCUT2D eigenvalue weighted by Gasteiger charge is 2.11. The van der Waals surface area contributed by atoms with Crippen molar-refractivity contribution in [2.24, 2.45) is 5.73 Å². The van der Waals surface area contributed by atoms with Crippen LogP contribution in [0.3, 0.4) is 0 Å². The average Bonchev–Trinajstić information content (AvgIpc) is 2.78. The Kier molecular flexibility index (Phi) is 2.83. The summed E-state index contributed by atoms with van der Waals surface area (Å²) in [5.74, 6) is 0.793. The van der Waals surface area contributed by atoms with Crippen molar-refractivity contribution in [1.29, 1.82) is 0 Å². The van der Waals surface area contributed by atoms with Crippen molar-refractivity contribution in [1.82, 2.24) is 14.6 Å². The van der Waals surface area contributed by atoms with E-state index in [0.29, 0.717) is 6.54 Å². The number of anilines is 1. The van der Waals surface area contributed by atoms with Gasteiger partial charge in [0.25, 0.3) is 0 Å². The first-order chi connectivity index (χ1) is 9.16. The highest BCUT2D eigenvalue weighted by molar-refractivity contribution is 5.96. The normalized spacial score (nSPS) is 13.0. The summed E-state index contributed by atoms with van der Waals surface area (Å²) in [6, 6.07) is 8.33. The van der Waals surface area contributed by atoms with E-state index in [0.717, 1.165) is 27.9 Å². The fraction of sp³-hybridized carbons (Fsp3) is 0.286. The summed E-state index contributed by atoms with van der Waals surface area (Å²) in [7, 11) is 0. The van der Waals surface area contributed by atoms with Gasteiger partial charge < -0.3 is 15.5 Å². The Bertz CT molecular complexity index is 729. The molecule has 0 aliphatic rings. The van der Waals surface area contributed by atoms with Crippen LogP contribution in [-0.4, -0.2) is 27.2 Å². The lowest BCUT2D eigenvalue weighted by Crippen LogP contribution is -2.25. The molecule has 0 aromatic carbocycles. The van der Waals surface area contributed by atoms with Crippen LogP contribution in [0.5, 0.6) is 0 Å². The smallest absolute Gasteiger partial charge is 0.158 e. The molecule has 0 fully saturated rings. The molecule has 5 nitrogen and oxygen atoms in total. The van der Waals surface area contributed by atoms with Crippen molar-refractivity contribution in [3.05, 3.63) is 36.2 Å². The van der Waals surface area contributed by atoms with Crippen molar-refractivity contribution < 1.29 is 0 Å². The summed E-state index contributed by atoms with van der Waals surface area (Å²) in [5, 5.41) is 12.8. The lowest BCUT2D eigenvalue weighted by atomic mass is 10.2. The van der Waals surface area contributed by atoms with E-state index in [2.05, 4.69) is 32.0 Å². The molecule has 0 radical (unpaired) electrons. The number of rotatable bonds is 3. The van der Waals surface area contributed by atoms with Gasteiger partial charge in [-0.3, -0.25) is 0 Å². The number of nitrogens with zero attached hydrogens (tertiary/aromatic N) is 3. The summed E-state index contributed by atoms with van der Waals surface area (Å²) in [4.78, 5) is 0. The van der Waals surface area contributed by atoms with E-state index in [1.807, 2.05) is 32.2 Å². The van der Waals surface area contributed by atoms with Gasteiger partial charge in [0.2, 0.25) is 0 Å². The Morgan fingerprint density at radius 3 is 3.00 bits per heavy atom. The minimum Gasteiger partial charge on any atom is -0.366 e. The molecule has 3 heterocycles. The summed E-state index contributed by atoms with van der Waals surface area (Å²) in [6.07, 6.45) is 2.04. The van der Waals surface area contributed by atoms with Crippen molar-refractivity contribution in [2.75, 3.05) is 11.9 Å². The van der Waals surface area contributed by atoms with E-state index < -0.39 is 0 Å². The first kappa shape index (κ1) is 11.9. The molecule has 3 aromatic rings. The number of aryl methyl sites for hydroxylation is 1. The topological polar surface area (TPSA) is 68.2 Å². The maximum absolute atomic E-state index is 5.77. The maximum Gasteiger partial charge on any atom is 0.158 e. The molecule has 3 N–H and O–H groups in total. The summed E-state index contributed by atoms with van der Waals surface area (Å²) in [6.45, 7) is 4.62. The highest BCUT2D eigenvalue weighted by Crippen LogP contribution is 2.26. The van der Waals surface area contributed by atoms with Crippen molar-refractivity contribution in [2.45, 2.75) is 19.9 Å². The first-order valence-electron chi connectivity index (χ1n) is 6.39. The molecule has 0 saturated heterocycles. The zero-order valence-corrected chi connectivity index (χ0v) is 11.1. The van der Waals surface area contributed by atoms with E-state index in [1.54, 1.807) is 0 Å². The van der Waals surface area contributed by atoms with Crippen molar-refractivity contribution in [3.8, 4) is 0 Å². The summed E-state index contributed by atoms with van der Waals surface area (Å²) in [5.41, 5.74) is 8.93. The number of hydrogen-bond acceptors (Lipinski definition) is 4. The van der Waals surface area contributed by atoms with Crippen LogP contribution in [0.25, 0.3) is 16.4 Å². The third-order valence-electron chi connectivity index (χ3n) is 3.17. The van der Waals surface area contributed by atoms with Crippen LogP contribution in [0.15, 0.2) is 30.5 Å². The van der Waals surface area contributed by atoms with Gasteiger partial charge in [-0.05, 0) is 32.0 Å². The Balaban J connectivity index is 2.22. The Morgan fingerprint density at radius 2 is 2.21 bits per heavy atom. The van der Waals surface area contributed by atoms with Crippen LogP contribution in [0.1, 0.15) is 12.6 Å². The second-order valence-corrected chi connectivity index (χ2v) is 4.89. The number of nitrogens with one attached hydrogen (secondary N) is 1. The van der Waals surface area contributed by atoms with Gasteiger partial charge in [0, 0.05) is 29.7 Å². The molecule has 1 atom stereocenters. The standard InChI is InChI=1S/C14H17N5/c1-9(15)8-16-14-12-7-11-5-3-4-6-19(11)13(12)10(2)17-18-14/h3-7,9H,8,15H2,1-2H3,(H,16,18). The zero-order chi connectivity index (χ0) is 13.4. The number of pyridine rings is 1. The summed E-state index contributed by atoms with van der Waals surface area (Å²) < 4.78 is 2.14. The molecule has 19 heavy (non-hydrogen) atoms. The molecule has 3 rings (SSSR count). The molecule has 3 aromatic heterocycles. The molecule has 0 aliphatic carbocycles. The Morgan fingerprint density at radius 1 is 1.37 bits per heavy atom. The van der Waals surface area contributed by atoms with Crippen LogP contribution >= 0.6 is 0 Å². The second kappa shape index (κ2) is 4.51. The SMILES string of the molecule is Cc1nnc(NCC(C)N)c2cc3ccccn3c12. The minimum absolute atomic E-state index is 0.0789. The summed E-state index contributed by atoms with van der Waals surface area (Å²) >= 11 is 0. The van der Waals surface area contributed by atoms with Gasteiger partial charge in [0.05, 0.1) is 11.2 Å². The third-order valence-corrected chi connectivity index (χ3v) is 3.17. The van der Waals surface area contributed by atoms with E-state index in [1.165, 1.54) is 0 Å². The molecular formula is C14H17N5. The number of fused-ring (bicyclic) bond motifs is 3. The van der Waals surface area contributed by atoms with E-state index in [-0.39, 0.29) is 6.04 Å². The minimum atomic E-state index is 0.0789. The van der Waals surface area contributed by atoms with Gasteiger partial charge in [-0.1, -0.05) is 6.07 Å². The van der Waals surface area contributed by atoms with Crippen LogP contribution in [0.4, 0.5) is 5.82 Å². The first-order valence-corrected chi connectivity index (χ1v) is 6.39. The monoisotopic (exact) mass is 255 g/mol. The molecule has 1 unspecified atom stereocenters. The van der Waals surface area contributed by atoms with E-state index in [9.17, 15) is 0 Å². The van der Waals surface area contributed by atoms with Gasteiger partial charge in [-0.2, -0.15) is 5.10 Å². The molecule has 5 heteroatoms. The van der Waals surface area contributed by atoms with Crippen molar-refractivity contribution in [3.63, 3.8) is 0 Å². The van der Waals surface area contributed by atoms with Gasteiger partial charge >= 0.3 is 0 Å². The molecular weight excluding hydrogens is 238 g/mol. The molecule has 98 valence electrons. The van der Waals surface area contributed by atoms with Gasteiger partial charge in [0.1, 0.15) is 0 Å². The fourth-order valence-corrected chi connectivity index (χ4v) is 2.29. The van der Waals surface area contributed by atoms with Gasteiger partial charge in [-0.25, -0.2) is 0 Å². The average molecular weight is 255 g/mol. The second-order valence-electron chi connectivity index (χ2n) is 4.89. The molecule has 0 bridgehead atoms. The van der Waals surface area contributed by atoms with Crippen LogP contribution in [-0.2, 0) is 0 Å². The quantitative estimate of drug-likeness (QED) is 0.750. The number of hydrogen-bond donors (Lipinski definition) is 2. The molecule has 0 amide bonds. The third kappa shape index (κ3) is 2.02. The van der Waals surface area contributed by atoms with Crippen LogP contribution in [0, 0.1) is 6.92 Å². The predicted molar refractivity (Wildman–Crippen MR) is 77.4 cm³/mol. The number of nitrogens with two attached hydrogens (primary N) is 1. The highest BCUT2D eigenvalue weighted by atomic mass is 15.2. The maximum atomic E-state index is 5.77. The van der Waals surface area contributed by atoms with Gasteiger partial charge in [-0.15, -0.1) is 5.10 Å². The molecule has 0 aliphatic heterocycles. The number of aromatic nitrogens is 3. The van der Waals surface area contributed by atoms with E-state index in [4.69, 9.17) is 5.73 Å². The Labute approximate surface area is 111 Å². The molecule has 0 saturated carbocycles. The van der Waals surface area contributed by atoms with E-state index >= 15 is 0 Å². The van der Waals surface area contributed by atoms with Crippen molar-refractivity contribution >= 4 is 22.2 Å². The zero-order valence-electron chi connectivity index (χ0n) is 11.1. The largest absolute Gasteiger partial charge is 0.366 e. The Hall–Kier alpha value is -2.14. The predicted octanol–water partition coefficient (Wildman–Crippen LogP) is 1.95. The lowest BCUT2D eigenvalue weighted by Gasteiger charge is -2.09. The van der Waals surface area contributed by atoms with Gasteiger partial charge in [0.15, 0.2) is 5.82 Å².